The second-order valence-corrected chi connectivity index (χ2v) is 4.25. The Labute approximate surface area is 119 Å². The highest BCUT2D eigenvalue weighted by Crippen LogP contribution is 2.19. The van der Waals surface area contributed by atoms with Crippen molar-refractivity contribution >= 4 is 12.0 Å². The monoisotopic (exact) mass is 293 g/mol. The highest BCUT2D eigenvalue weighted by atomic mass is 19.1. The van der Waals surface area contributed by atoms with E-state index in [0.717, 1.165) is 12.1 Å². The maximum atomic E-state index is 13.4. The van der Waals surface area contributed by atoms with E-state index in [1.807, 2.05) is 0 Å². The third-order valence-corrected chi connectivity index (χ3v) is 2.74. The molecule has 1 heterocycles. The van der Waals surface area contributed by atoms with Crippen LogP contribution in [0.25, 0.3) is 6.08 Å². The predicted molar refractivity (Wildman–Crippen MR) is 72.1 cm³/mol. The topological polar surface area (TPSA) is 62.5 Å². The first-order valence-electron chi connectivity index (χ1n) is 6.19. The SMILES string of the molecule is O=C(/C=C/c1ccco1)NCC(O)c1c(F)cccc1F. The number of aliphatic hydroxyl groups excluding tert-OH is 1. The van der Waals surface area contributed by atoms with E-state index >= 15 is 0 Å². The Morgan fingerprint density at radius 1 is 1.29 bits per heavy atom. The fourth-order valence-electron chi connectivity index (χ4n) is 1.73. The molecule has 1 aromatic heterocycles. The van der Waals surface area contributed by atoms with Gasteiger partial charge < -0.3 is 14.8 Å². The Balaban J connectivity index is 1.92. The largest absolute Gasteiger partial charge is 0.465 e. The molecule has 4 nitrogen and oxygen atoms in total. The van der Waals surface area contributed by atoms with Gasteiger partial charge in [-0.25, -0.2) is 8.78 Å². The van der Waals surface area contributed by atoms with Gasteiger partial charge in [0.1, 0.15) is 23.5 Å². The zero-order chi connectivity index (χ0) is 15.2. The van der Waals surface area contributed by atoms with E-state index in [1.165, 1.54) is 24.5 Å². The van der Waals surface area contributed by atoms with Crippen molar-refractivity contribution < 1.29 is 23.1 Å². The highest BCUT2D eigenvalue weighted by molar-refractivity contribution is 5.91. The highest BCUT2D eigenvalue weighted by Gasteiger charge is 2.17. The van der Waals surface area contributed by atoms with E-state index in [4.69, 9.17) is 4.42 Å². The molecule has 0 aliphatic carbocycles. The molecule has 0 aliphatic rings. The molecule has 1 unspecified atom stereocenters. The molecule has 0 fully saturated rings. The van der Waals surface area contributed by atoms with E-state index in [-0.39, 0.29) is 6.54 Å². The van der Waals surface area contributed by atoms with Crippen LogP contribution < -0.4 is 5.32 Å². The molecule has 2 N–H and O–H groups in total. The number of furan rings is 1. The molecule has 6 heteroatoms. The number of aliphatic hydroxyl groups is 1. The maximum absolute atomic E-state index is 13.4. The average molecular weight is 293 g/mol. The number of carbonyl (C=O) groups is 1. The number of amides is 1. The predicted octanol–water partition coefficient (Wildman–Crippen LogP) is 2.42. The Morgan fingerprint density at radius 3 is 2.62 bits per heavy atom. The Hall–Kier alpha value is -2.47. The molecular formula is C15H13F2NO3. The molecule has 0 saturated heterocycles. The standard InChI is InChI=1S/C15H13F2NO3/c16-11-4-1-5-12(17)15(11)13(19)9-18-14(20)7-6-10-3-2-8-21-10/h1-8,13,19H,9H2,(H,18,20)/b7-6+. The van der Waals surface area contributed by atoms with Gasteiger partial charge in [0.15, 0.2) is 0 Å². The number of benzene rings is 1. The lowest BCUT2D eigenvalue weighted by molar-refractivity contribution is -0.116. The number of rotatable bonds is 5. The van der Waals surface area contributed by atoms with Crippen LogP contribution in [0, 0.1) is 11.6 Å². The van der Waals surface area contributed by atoms with Crippen LogP contribution >= 0.6 is 0 Å². The Bertz CT molecular complexity index is 618. The van der Waals surface area contributed by atoms with Crippen molar-refractivity contribution in [2.24, 2.45) is 0 Å². The number of nitrogens with one attached hydrogen (secondary N) is 1. The second-order valence-electron chi connectivity index (χ2n) is 4.25. The minimum Gasteiger partial charge on any atom is -0.465 e. The average Bonchev–Trinajstić information content (AvgIpc) is 2.96. The lowest BCUT2D eigenvalue weighted by Crippen LogP contribution is -2.27. The smallest absolute Gasteiger partial charge is 0.244 e. The van der Waals surface area contributed by atoms with Gasteiger partial charge in [0.25, 0.3) is 0 Å². The van der Waals surface area contributed by atoms with Gasteiger partial charge in [-0.05, 0) is 30.3 Å². The molecule has 110 valence electrons. The van der Waals surface area contributed by atoms with E-state index in [9.17, 15) is 18.7 Å². The minimum absolute atomic E-state index is 0.306. The van der Waals surface area contributed by atoms with Crippen molar-refractivity contribution in [1.29, 1.82) is 0 Å². The summed E-state index contributed by atoms with van der Waals surface area (Å²) in [5.74, 6) is -1.74. The van der Waals surface area contributed by atoms with Crippen molar-refractivity contribution in [2.45, 2.75) is 6.10 Å². The summed E-state index contributed by atoms with van der Waals surface area (Å²) in [5.41, 5.74) is -0.465. The molecule has 0 aliphatic heterocycles. The van der Waals surface area contributed by atoms with Gasteiger partial charge in [-0.2, -0.15) is 0 Å². The summed E-state index contributed by atoms with van der Waals surface area (Å²) in [5, 5.41) is 12.1. The van der Waals surface area contributed by atoms with Gasteiger partial charge in [0, 0.05) is 12.6 Å². The van der Waals surface area contributed by atoms with Gasteiger partial charge >= 0.3 is 0 Å². The van der Waals surface area contributed by atoms with E-state index in [0.29, 0.717) is 5.76 Å². The lowest BCUT2D eigenvalue weighted by atomic mass is 10.1. The van der Waals surface area contributed by atoms with Gasteiger partial charge in [0.2, 0.25) is 5.91 Å². The Kier molecular flexibility index (Phi) is 4.84. The third kappa shape index (κ3) is 4.00. The summed E-state index contributed by atoms with van der Waals surface area (Å²) < 4.78 is 31.8. The zero-order valence-corrected chi connectivity index (χ0v) is 10.9. The van der Waals surface area contributed by atoms with Crippen LogP contribution in [-0.2, 0) is 4.79 Å². The van der Waals surface area contributed by atoms with E-state index in [2.05, 4.69) is 5.32 Å². The molecular weight excluding hydrogens is 280 g/mol. The summed E-state index contributed by atoms with van der Waals surface area (Å²) in [4.78, 5) is 11.5. The van der Waals surface area contributed by atoms with E-state index < -0.39 is 29.2 Å². The van der Waals surface area contributed by atoms with Crippen molar-refractivity contribution in [3.63, 3.8) is 0 Å². The molecule has 0 bridgehead atoms. The van der Waals surface area contributed by atoms with Crippen molar-refractivity contribution in [1.82, 2.24) is 5.32 Å². The summed E-state index contributed by atoms with van der Waals surface area (Å²) in [6.07, 6.45) is 2.63. The lowest BCUT2D eigenvalue weighted by Gasteiger charge is -2.13. The minimum atomic E-state index is -1.47. The molecule has 0 spiro atoms. The molecule has 21 heavy (non-hydrogen) atoms. The van der Waals surface area contributed by atoms with Crippen LogP contribution in [0.4, 0.5) is 8.78 Å². The maximum Gasteiger partial charge on any atom is 0.244 e. The van der Waals surface area contributed by atoms with Crippen LogP contribution in [0.1, 0.15) is 17.4 Å². The van der Waals surface area contributed by atoms with E-state index in [1.54, 1.807) is 12.1 Å². The van der Waals surface area contributed by atoms with Crippen LogP contribution in [0.3, 0.4) is 0 Å². The molecule has 1 atom stereocenters. The van der Waals surface area contributed by atoms with Crippen molar-refractivity contribution in [2.75, 3.05) is 6.54 Å². The van der Waals surface area contributed by atoms with Crippen LogP contribution in [0.2, 0.25) is 0 Å². The van der Waals surface area contributed by atoms with Crippen LogP contribution in [0.15, 0.2) is 47.1 Å². The van der Waals surface area contributed by atoms with Crippen LogP contribution in [-0.4, -0.2) is 17.6 Å². The second kappa shape index (κ2) is 6.81. The summed E-state index contributed by atoms with van der Waals surface area (Å²) >= 11 is 0. The van der Waals surface area contributed by atoms with Gasteiger partial charge in [-0.3, -0.25) is 4.79 Å². The fourth-order valence-corrected chi connectivity index (χ4v) is 1.73. The Morgan fingerprint density at radius 2 is 2.00 bits per heavy atom. The van der Waals surface area contributed by atoms with Gasteiger partial charge in [-0.15, -0.1) is 0 Å². The quantitative estimate of drug-likeness (QED) is 0.832. The molecule has 0 radical (unpaired) electrons. The number of carbonyl (C=O) groups excluding carboxylic acids is 1. The fraction of sp³-hybridized carbons (Fsp3) is 0.133. The number of hydrogen-bond acceptors (Lipinski definition) is 3. The normalized spacial score (nSPS) is 12.5. The molecule has 1 amide bonds. The first-order chi connectivity index (χ1) is 10.1. The van der Waals surface area contributed by atoms with Gasteiger partial charge in [0.05, 0.1) is 11.8 Å². The zero-order valence-electron chi connectivity index (χ0n) is 10.9. The summed E-state index contributed by atoms with van der Waals surface area (Å²) in [6.45, 7) is -0.306. The van der Waals surface area contributed by atoms with Gasteiger partial charge in [-0.1, -0.05) is 6.07 Å². The third-order valence-electron chi connectivity index (χ3n) is 2.74. The van der Waals surface area contributed by atoms with Crippen molar-refractivity contribution in [3.05, 3.63) is 65.6 Å². The first-order valence-corrected chi connectivity index (χ1v) is 6.19. The number of hydrogen-bond donors (Lipinski definition) is 2. The summed E-state index contributed by atoms with van der Waals surface area (Å²) in [6, 6.07) is 6.61. The van der Waals surface area contributed by atoms with Crippen LogP contribution in [0.5, 0.6) is 0 Å². The molecule has 0 saturated carbocycles. The molecule has 2 rings (SSSR count). The number of halogens is 2. The molecule has 1 aromatic carbocycles. The first kappa shape index (κ1) is 14.9. The summed E-state index contributed by atoms with van der Waals surface area (Å²) in [7, 11) is 0. The molecule has 2 aromatic rings. The van der Waals surface area contributed by atoms with Crippen molar-refractivity contribution in [3.8, 4) is 0 Å².